The smallest absolute Gasteiger partial charge is 0.0872 e. The van der Waals surface area contributed by atoms with Crippen LogP contribution in [0.1, 0.15) is 18.1 Å². The number of hydrogen-bond donors (Lipinski definition) is 0. The summed E-state index contributed by atoms with van der Waals surface area (Å²) in [6.45, 7) is 3.45. The number of hydrogen-bond acceptors (Lipinski definition) is 1. The maximum absolute atomic E-state index is 2.33. The molecule has 2 heteroatoms. The van der Waals surface area contributed by atoms with Crippen molar-refractivity contribution in [2.45, 2.75) is 19.1 Å². The van der Waals surface area contributed by atoms with Crippen LogP contribution in [0, 0.1) is 0 Å². The van der Waals surface area contributed by atoms with Crippen LogP contribution in [-0.4, -0.2) is 37.9 Å². The third-order valence-electron chi connectivity index (χ3n) is 2.57. The molecule has 0 heterocycles. The largest absolute Gasteiger partial charge is 0.330 e. The lowest BCUT2D eigenvalue weighted by molar-refractivity contribution is -0.867. The molecule has 1 aromatic carbocycles. The van der Waals surface area contributed by atoms with Crippen LogP contribution in [-0.2, 0) is 12.2 Å². The van der Waals surface area contributed by atoms with Gasteiger partial charge in [0.05, 0.1) is 27.7 Å². The van der Waals surface area contributed by atoms with E-state index in [1.165, 1.54) is 23.4 Å². The Bertz CT molecular complexity index is 315. The quantitative estimate of drug-likeness (QED) is 0.542. The van der Waals surface area contributed by atoms with E-state index in [1.807, 2.05) is 11.8 Å². The minimum absolute atomic E-state index is 1.06. The highest BCUT2D eigenvalue weighted by molar-refractivity contribution is 7.98. The fourth-order valence-electron chi connectivity index (χ4n) is 1.47. The second-order valence-corrected chi connectivity index (χ2v) is 6.35. The number of nitrogens with zero attached hydrogens (tertiary/aromatic N) is 1. The highest BCUT2D eigenvalue weighted by Crippen LogP contribution is 2.14. The van der Waals surface area contributed by atoms with Gasteiger partial charge in [0.1, 0.15) is 0 Å². The number of quaternary nitrogens is 1. The predicted octanol–water partition coefficient (Wildman–Crippen LogP) is 3.19. The van der Waals surface area contributed by atoms with Crippen LogP contribution in [0.3, 0.4) is 0 Å². The molecular weight excluding hydrogens is 214 g/mol. The van der Waals surface area contributed by atoms with Gasteiger partial charge < -0.3 is 4.48 Å². The molecule has 0 fully saturated rings. The lowest BCUT2D eigenvalue weighted by Crippen LogP contribution is -2.36. The van der Waals surface area contributed by atoms with Crippen molar-refractivity contribution in [2.75, 3.05) is 33.4 Å². The number of rotatable bonds is 6. The van der Waals surface area contributed by atoms with Crippen LogP contribution in [0.4, 0.5) is 0 Å². The van der Waals surface area contributed by atoms with Gasteiger partial charge in [0.2, 0.25) is 0 Å². The van der Waals surface area contributed by atoms with Crippen molar-refractivity contribution in [3.63, 3.8) is 0 Å². The molecule has 0 aliphatic carbocycles. The van der Waals surface area contributed by atoms with E-state index in [9.17, 15) is 0 Å². The van der Waals surface area contributed by atoms with Gasteiger partial charge in [-0.3, -0.25) is 0 Å². The summed E-state index contributed by atoms with van der Waals surface area (Å²) in [7, 11) is 6.74. The van der Waals surface area contributed by atoms with E-state index in [2.05, 4.69) is 52.3 Å². The van der Waals surface area contributed by atoms with Gasteiger partial charge in [-0.2, -0.15) is 11.8 Å². The van der Waals surface area contributed by atoms with Gasteiger partial charge in [-0.25, -0.2) is 0 Å². The first-order valence-electron chi connectivity index (χ1n) is 5.97. The Balaban J connectivity index is 2.32. The van der Waals surface area contributed by atoms with Crippen molar-refractivity contribution >= 4 is 11.8 Å². The third-order valence-corrected chi connectivity index (χ3v) is 3.58. The second kappa shape index (κ2) is 6.31. The van der Waals surface area contributed by atoms with Crippen molar-refractivity contribution in [2.24, 2.45) is 0 Å². The van der Waals surface area contributed by atoms with E-state index in [4.69, 9.17) is 0 Å². The molecule has 0 amide bonds. The summed E-state index contributed by atoms with van der Waals surface area (Å²) in [5.74, 6) is 2.38. The topological polar surface area (TPSA) is 0 Å². The first-order chi connectivity index (χ1) is 7.51. The third kappa shape index (κ3) is 5.57. The van der Waals surface area contributed by atoms with E-state index >= 15 is 0 Å². The fraction of sp³-hybridized carbons (Fsp3) is 0.571. The fourth-order valence-corrected chi connectivity index (χ4v) is 2.70. The Morgan fingerprint density at radius 2 is 1.81 bits per heavy atom. The van der Waals surface area contributed by atoms with Crippen LogP contribution >= 0.6 is 11.8 Å². The highest BCUT2D eigenvalue weighted by atomic mass is 32.2. The molecule has 1 aromatic rings. The van der Waals surface area contributed by atoms with Gasteiger partial charge in [0, 0.05) is 11.5 Å². The summed E-state index contributed by atoms with van der Waals surface area (Å²) in [6, 6.07) is 8.95. The Morgan fingerprint density at radius 3 is 2.44 bits per heavy atom. The standard InChI is InChI=1S/C14H24NS/c1-5-13-7-6-8-14(11-13)12-16-10-9-15(2,3)4/h6-8,11H,5,9-10,12H2,1-4H3/q+1. The predicted molar refractivity (Wildman–Crippen MR) is 74.9 cm³/mol. The van der Waals surface area contributed by atoms with Gasteiger partial charge >= 0.3 is 0 Å². The van der Waals surface area contributed by atoms with E-state index in [0.29, 0.717) is 0 Å². The Labute approximate surface area is 104 Å². The molecule has 0 aliphatic heterocycles. The lowest BCUT2D eigenvalue weighted by atomic mass is 10.1. The number of aryl methyl sites for hydroxylation is 1. The minimum Gasteiger partial charge on any atom is -0.330 e. The maximum Gasteiger partial charge on any atom is 0.0872 e. The first-order valence-corrected chi connectivity index (χ1v) is 7.13. The molecule has 0 bridgehead atoms. The molecule has 16 heavy (non-hydrogen) atoms. The van der Waals surface area contributed by atoms with Gasteiger partial charge in [0.25, 0.3) is 0 Å². The maximum atomic E-state index is 2.33. The summed E-state index contributed by atoms with van der Waals surface area (Å²) in [4.78, 5) is 0. The van der Waals surface area contributed by atoms with E-state index < -0.39 is 0 Å². The molecule has 0 saturated heterocycles. The molecule has 0 aromatic heterocycles. The summed E-state index contributed by atoms with van der Waals surface area (Å²) in [5.41, 5.74) is 2.91. The zero-order chi connectivity index (χ0) is 12.0. The Hall–Kier alpha value is -0.470. The molecular formula is C14H24NS+. The average molecular weight is 238 g/mol. The lowest BCUT2D eigenvalue weighted by Gasteiger charge is -2.23. The molecule has 0 radical (unpaired) electrons. The van der Waals surface area contributed by atoms with Gasteiger partial charge in [-0.15, -0.1) is 0 Å². The van der Waals surface area contributed by atoms with Crippen molar-refractivity contribution in [3.8, 4) is 0 Å². The highest BCUT2D eigenvalue weighted by Gasteiger charge is 2.05. The van der Waals surface area contributed by atoms with Crippen molar-refractivity contribution in [3.05, 3.63) is 35.4 Å². The molecule has 90 valence electrons. The molecule has 1 nitrogen and oxygen atoms in total. The van der Waals surface area contributed by atoms with Gasteiger partial charge in [-0.05, 0) is 17.5 Å². The monoisotopic (exact) mass is 238 g/mol. The van der Waals surface area contributed by atoms with Crippen molar-refractivity contribution in [1.82, 2.24) is 0 Å². The second-order valence-electron chi connectivity index (χ2n) is 5.24. The Kier molecular flexibility index (Phi) is 5.36. The van der Waals surface area contributed by atoms with Gasteiger partial charge in [0.15, 0.2) is 0 Å². The number of thioether (sulfide) groups is 1. The van der Waals surface area contributed by atoms with Crippen LogP contribution < -0.4 is 0 Å². The summed E-state index contributed by atoms with van der Waals surface area (Å²) >= 11 is 2.04. The minimum atomic E-state index is 1.06. The average Bonchev–Trinajstić information content (AvgIpc) is 2.23. The molecule has 1 rings (SSSR count). The van der Waals surface area contributed by atoms with Crippen molar-refractivity contribution < 1.29 is 4.48 Å². The van der Waals surface area contributed by atoms with Crippen molar-refractivity contribution in [1.29, 1.82) is 0 Å². The van der Waals surface area contributed by atoms with Crippen LogP contribution in [0.15, 0.2) is 24.3 Å². The molecule has 0 unspecified atom stereocenters. The van der Waals surface area contributed by atoms with Crippen LogP contribution in [0.5, 0.6) is 0 Å². The zero-order valence-corrected chi connectivity index (χ0v) is 11.8. The van der Waals surface area contributed by atoms with E-state index in [-0.39, 0.29) is 0 Å². The first kappa shape index (κ1) is 13.6. The normalized spacial score (nSPS) is 11.8. The summed E-state index contributed by atoms with van der Waals surface area (Å²) in [5, 5.41) is 0. The van der Waals surface area contributed by atoms with Crippen LogP contribution in [0.25, 0.3) is 0 Å². The molecule has 0 N–H and O–H groups in total. The molecule has 0 atom stereocenters. The summed E-state index contributed by atoms with van der Waals surface area (Å²) < 4.78 is 1.06. The molecule has 0 spiro atoms. The summed E-state index contributed by atoms with van der Waals surface area (Å²) in [6.07, 6.45) is 1.14. The SMILES string of the molecule is CCc1cccc(CSCC[N+](C)(C)C)c1. The van der Waals surface area contributed by atoms with Gasteiger partial charge in [-0.1, -0.05) is 31.2 Å². The number of benzene rings is 1. The molecule has 0 aliphatic rings. The van der Waals surface area contributed by atoms with E-state index in [0.717, 1.165) is 16.7 Å². The van der Waals surface area contributed by atoms with E-state index in [1.54, 1.807) is 0 Å². The van der Waals surface area contributed by atoms with Crippen LogP contribution in [0.2, 0.25) is 0 Å². The Morgan fingerprint density at radius 1 is 1.12 bits per heavy atom. The zero-order valence-electron chi connectivity index (χ0n) is 11.0. The molecule has 0 saturated carbocycles.